The minimum Gasteiger partial charge on any atom is -0.481 e. The molecule has 0 aromatic heterocycles. The van der Waals surface area contributed by atoms with Crippen molar-refractivity contribution in [3.05, 3.63) is 0 Å². The van der Waals surface area contributed by atoms with Crippen molar-refractivity contribution in [2.45, 2.75) is 78.0 Å². The van der Waals surface area contributed by atoms with Gasteiger partial charge in [-0.1, -0.05) is 0 Å². The Bertz CT molecular complexity index is 565. The van der Waals surface area contributed by atoms with Gasteiger partial charge >= 0.3 is 18.0 Å². The molecule has 0 spiro atoms. The molecule has 0 radical (unpaired) electrons. The van der Waals surface area contributed by atoms with Gasteiger partial charge in [-0.3, -0.25) is 14.4 Å². The molecular weight excluding hydrogens is 382 g/mol. The van der Waals surface area contributed by atoms with E-state index < -0.39 is 41.2 Å². The van der Waals surface area contributed by atoms with Crippen LogP contribution in [0.4, 0.5) is 4.79 Å². The molecule has 29 heavy (non-hydrogen) atoms. The van der Waals surface area contributed by atoms with Crippen molar-refractivity contribution >= 4 is 23.9 Å². The molecule has 1 atom stereocenters. The second kappa shape index (κ2) is 12.3. The second-order valence-corrected chi connectivity index (χ2v) is 8.51. The minimum atomic E-state index is -0.976. The van der Waals surface area contributed by atoms with E-state index in [1.54, 1.807) is 41.5 Å². The summed E-state index contributed by atoms with van der Waals surface area (Å²) < 4.78 is 10.4. The van der Waals surface area contributed by atoms with Crippen molar-refractivity contribution in [3.63, 3.8) is 0 Å². The maximum atomic E-state index is 12.4. The van der Waals surface area contributed by atoms with E-state index in [9.17, 15) is 19.2 Å². The summed E-state index contributed by atoms with van der Waals surface area (Å²) in [5, 5.41) is 16.6. The number of aliphatic carboxylic acids is 1. The molecule has 0 aromatic carbocycles. The Balaban J connectivity index is 4.67. The lowest BCUT2D eigenvalue weighted by Crippen LogP contribution is -2.49. The molecule has 0 saturated heterocycles. The molecular formula is C19H35N3O7. The molecule has 0 unspecified atom stereocenters. The lowest BCUT2D eigenvalue weighted by atomic mass is 10.1. The van der Waals surface area contributed by atoms with Gasteiger partial charge in [-0.25, -0.2) is 4.79 Å². The summed E-state index contributed by atoms with van der Waals surface area (Å²) in [6, 6.07) is -0.976. The lowest BCUT2D eigenvalue weighted by molar-refractivity contribution is -0.155. The van der Waals surface area contributed by atoms with Crippen LogP contribution in [0.5, 0.6) is 0 Å². The minimum absolute atomic E-state index is 0.0212. The van der Waals surface area contributed by atoms with Gasteiger partial charge in [0, 0.05) is 26.1 Å². The molecule has 0 rings (SSSR count). The van der Waals surface area contributed by atoms with E-state index >= 15 is 0 Å². The van der Waals surface area contributed by atoms with Gasteiger partial charge < -0.3 is 30.5 Å². The molecule has 0 saturated carbocycles. The topological polar surface area (TPSA) is 143 Å². The molecule has 0 fully saturated rings. The highest BCUT2D eigenvalue weighted by Crippen LogP contribution is 2.11. The highest BCUT2D eigenvalue weighted by Gasteiger charge is 2.26. The third-order valence-corrected chi connectivity index (χ3v) is 3.18. The smallest absolute Gasteiger partial charge is 0.408 e. The van der Waals surface area contributed by atoms with Gasteiger partial charge in [0.15, 0.2) is 0 Å². The van der Waals surface area contributed by atoms with Crippen LogP contribution >= 0.6 is 0 Å². The monoisotopic (exact) mass is 417 g/mol. The number of hydrogen-bond acceptors (Lipinski definition) is 7. The first kappa shape index (κ1) is 26.6. The van der Waals surface area contributed by atoms with E-state index in [4.69, 9.17) is 14.6 Å². The largest absolute Gasteiger partial charge is 0.481 e. The second-order valence-electron chi connectivity index (χ2n) is 8.51. The average Bonchev–Trinajstić information content (AvgIpc) is 2.50. The Hall–Kier alpha value is -2.36. The van der Waals surface area contributed by atoms with Crippen LogP contribution < -0.4 is 16.0 Å². The summed E-state index contributed by atoms with van der Waals surface area (Å²) in [7, 11) is 0. The number of esters is 1. The van der Waals surface area contributed by atoms with Crippen molar-refractivity contribution in [3.8, 4) is 0 Å². The van der Waals surface area contributed by atoms with Crippen LogP contribution in [-0.2, 0) is 23.9 Å². The summed E-state index contributed by atoms with van der Waals surface area (Å²) in [6.45, 7) is 11.2. The summed E-state index contributed by atoms with van der Waals surface area (Å²) in [5.41, 5.74) is -1.38. The van der Waals surface area contributed by atoms with Crippen LogP contribution in [0.15, 0.2) is 0 Å². The number of alkyl carbamates (subject to hydrolysis) is 1. The number of carboxylic acids is 1. The van der Waals surface area contributed by atoms with Crippen LogP contribution in [0.2, 0.25) is 0 Å². The Labute approximate surface area is 172 Å². The molecule has 0 bridgehead atoms. The molecule has 0 aliphatic carbocycles. The van der Waals surface area contributed by atoms with E-state index in [2.05, 4.69) is 16.0 Å². The lowest BCUT2D eigenvalue weighted by Gasteiger charge is -2.24. The van der Waals surface area contributed by atoms with E-state index in [1.807, 2.05) is 0 Å². The zero-order valence-electron chi connectivity index (χ0n) is 18.2. The van der Waals surface area contributed by atoms with Crippen LogP contribution in [0.3, 0.4) is 0 Å². The molecule has 0 aromatic rings. The number of carbonyl (C=O) groups excluding carboxylic acids is 3. The Morgan fingerprint density at radius 1 is 0.862 bits per heavy atom. The normalized spacial score (nSPS) is 12.6. The quantitative estimate of drug-likeness (QED) is 0.290. The van der Waals surface area contributed by atoms with Crippen LogP contribution in [0.25, 0.3) is 0 Å². The predicted molar refractivity (Wildman–Crippen MR) is 106 cm³/mol. The molecule has 168 valence electrons. The van der Waals surface area contributed by atoms with Crippen LogP contribution in [0, 0.1) is 0 Å². The fourth-order valence-corrected chi connectivity index (χ4v) is 2.09. The predicted octanol–water partition coefficient (Wildman–Crippen LogP) is 1.18. The van der Waals surface area contributed by atoms with Crippen molar-refractivity contribution in [1.29, 1.82) is 0 Å². The van der Waals surface area contributed by atoms with Gasteiger partial charge in [0.1, 0.15) is 17.2 Å². The van der Waals surface area contributed by atoms with Crippen molar-refractivity contribution in [2.75, 3.05) is 19.6 Å². The zero-order valence-corrected chi connectivity index (χ0v) is 18.2. The molecule has 4 N–H and O–H groups in total. The maximum absolute atomic E-state index is 12.4. The fraction of sp³-hybridized carbons (Fsp3) is 0.789. The van der Waals surface area contributed by atoms with E-state index in [0.29, 0.717) is 6.54 Å². The fourth-order valence-electron chi connectivity index (χ4n) is 2.09. The number of ether oxygens (including phenoxy) is 2. The molecule has 10 heteroatoms. The van der Waals surface area contributed by atoms with E-state index in [-0.39, 0.29) is 32.4 Å². The number of nitrogens with one attached hydrogen (secondary N) is 3. The third kappa shape index (κ3) is 16.3. The highest BCUT2D eigenvalue weighted by atomic mass is 16.6. The first-order valence-corrected chi connectivity index (χ1v) is 9.61. The van der Waals surface area contributed by atoms with Gasteiger partial charge in [0.05, 0.1) is 6.42 Å². The van der Waals surface area contributed by atoms with Gasteiger partial charge in [0.2, 0.25) is 5.91 Å². The van der Waals surface area contributed by atoms with E-state index in [0.717, 1.165) is 0 Å². The highest BCUT2D eigenvalue weighted by molar-refractivity contribution is 5.86. The SMILES string of the molecule is CC(C)(C)OC(=O)CC[C@H](NC(=O)OC(C)(C)C)C(=O)NCCNCCC(=O)O. The number of carboxylic acid groups (broad SMARTS) is 1. The summed E-state index contributed by atoms with van der Waals surface area (Å²) >= 11 is 0. The first-order chi connectivity index (χ1) is 13.2. The Morgan fingerprint density at radius 2 is 1.45 bits per heavy atom. The molecule has 0 aliphatic heterocycles. The standard InChI is InChI=1S/C19H35N3O7/c1-18(2,3)28-15(25)8-7-13(22-17(27)29-19(4,5)6)16(26)21-12-11-20-10-9-14(23)24/h13,20H,7-12H2,1-6H3,(H,21,26)(H,22,27)(H,23,24)/t13-/m0/s1. The van der Waals surface area contributed by atoms with E-state index in [1.165, 1.54) is 0 Å². The van der Waals surface area contributed by atoms with Crippen molar-refractivity contribution < 1.29 is 33.8 Å². The average molecular weight is 418 g/mol. The van der Waals surface area contributed by atoms with Gasteiger partial charge in [-0.15, -0.1) is 0 Å². The summed E-state index contributed by atoms with van der Waals surface area (Å²) in [5.74, 6) is -1.86. The number of carbonyl (C=O) groups is 4. The first-order valence-electron chi connectivity index (χ1n) is 9.61. The Morgan fingerprint density at radius 3 is 1.97 bits per heavy atom. The molecule has 0 aliphatic rings. The van der Waals surface area contributed by atoms with Crippen LogP contribution in [0.1, 0.15) is 60.8 Å². The van der Waals surface area contributed by atoms with Gasteiger partial charge in [-0.05, 0) is 48.0 Å². The summed E-state index contributed by atoms with van der Waals surface area (Å²) in [6.07, 6.45) is -0.789. The maximum Gasteiger partial charge on any atom is 0.408 e. The molecule has 10 nitrogen and oxygen atoms in total. The van der Waals surface area contributed by atoms with Crippen molar-refractivity contribution in [1.82, 2.24) is 16.0 Å². The number of amides is 2. The third-order valence-electron chi connectivity index (χ3n) is 3.18. The zero-order chi connectivity index (χ0) is 22.7. The van der Waals surface area contributed by atoms with Gasteiger partial charge in [0.25, 0.3) is 0 Å². The van der Waals surface area contributed by atoms with Crippen molar-refractivity contribution in [2.24, 2.45) is 0 Å². The summed E-state index contributed by atoms with van der Waals surface area (Å²) in [4.78, 5) is 46.8. The number of hydrogen-bond donors (Lipinski definition) is 4. The van der Waals surface area contributed by atoms with Crippen LogP contribution in [-0.4, -0.2) is 65.9 Å². The molecule has 2 amide bonds. The number of rotatable bonds is 11. The Kier molecular flexibility index (Phi) is 11.3. The molecule has 0 heterocycles. The van der Waals surface area contributed by atoms with Gasteiger partial charge in [-0.2, -0.15) is 0 Å².